The van der Waals surface area contributed by atoms with Crippen LogP contribution in [0.15, 0.2) is 11.1 Å². The zero-order valence-corrected chi connectivity index (χ0v) is 11.8. The summed E-state index contributed by atoms with van der Waals surface area (Å²) in [6, 6.07) is -0.0739. The largest absolute Gasteiger partial charge is 0.381 e. The lowest BCUT2D eigenvalue weighted by Gasteiger charge is -2.25. The minimum atomic E-state index is -3.54. The van der Waals surface area contributed by atoms with E-state index in [1.54, 1.807) is 7.05 Å². The third kappa shape index (κ3) is 2.51. The lowest BCUT2D eigenvalue weighted by atomic mass is 10.3. The first-order chi connectivity index (χ1) is 8.32. The summed E-state index contributed by atoms with van der Waals surface area (Å²) in [5, 5.41) is 3.90. The summed E-state index contributed by atoms with van der Waals surface area (Å²) in [4.78, 5) is 0.111. The average Bonchev–Trinajstić information content (AvgIpc) is 2.99. The molecule has 2 rings (SSSR count). The van der Waals surface area contributed by atoms with Crippen LogP contribution in [0.4, 0.5) is 5.82 Å². The standard InChI is InChI=1S/C11H20N4O2S/c1-8(2)15(6-9-4-5-9)18(16,17)10-7-14(3)13-11(10)12/h7-9H,4-6H2,1-3H3,(H2,12,13). The minimum absolute atomic E-state index is 0.0685. The van der Waals surface area contributed by atoms with Gasteiger partial charge in [0.2, 0.25) is 10.0 Å². The first kappa shape index (κ1) is 13.4. The lowest BCUT2D eigenvalue weighted by Crippen LogP contribution is -2.38. The Morgan fingerprint density at radius 1 is 1.56 bits per heavy atom. The zero-order chi connectivity index (χ0) is 13.5. The molecule has 18 heavy (non-hydrogen) atoms. The maximum absolute atomic E-state index is 12.6. The molecule has 1 fully saturated rings. The van der Waals surface area contributed by atoms with Crippen molar-refractivity contribution >= 4 is 15.8 Å². The van der Waals surface area contributed by atoms with E-state index in [1.165, 1.54) is 15.2 Å². The smallest absolute Gasteiger partial charge is 0.248 e. The van der Waals surface area contributed by atoms with Gasteiger partial charge in [-0.15, -0.1) is 0 Å². The summed E-state index contributed by atoms with van der Waals surface area (Å²) >= 11 is 0. The molecule has 0 aromatic carbocycles. The highest BCUT2D eigenvalue weighted by Gasteiger charge is 2.35. The molecule has 0 aliphatic heterocycles. The van der Waals surface area contributed by atoms with Crippen molar-refractivity contribution in [1.82, 2.24) is 14.1 Å². The zero-order valence-electron chi connectivity index (χ0n) is 11.0. The molecule has 1 heterocycles. The van der Waals surface area contributed by atoms with E-state index in [0.717, 1.165) is 12.8 Å². The van der Waals surface area contributed by atoms with E-state index in [4.69, 9.17) is 5.73 Å². The Bertz CT molecular complexity index is 531. The molecule has 0 spiro atoms. The maximum Gasteiger partial charge on any atom is 0.248 e. The van der Waals surface area contributed by atoms with E-state index >= 15 is 0 Å². The summed E-state index contributed by atoms with van der Waals surface area (Å²) in [5.41, 5.74) is 5.67. The van der Waals surface area contributed by atoms with Crippen LogP contribution in [0.25, 0.3) is 0 Å². The number of hydrogen-bond acceptors (Lipinski definition) is 4. The van der Waals surface area contributed by atoms with Gasteiger partial charge in [-0.3, -0.25) is 4.68 Å². The second-order valence-corrected chi connectivity index (χ2v) is 7.02. The molecule has 7 heteroatoms. The van der Waals surface area contributed by atoms with E-state index in [9.17, 15) is 8.42 Å². The Hall–Kier alpha value is -1.08. The minimum Gasteiger partial charge on any atom is -0.381 e. The molecule has 0 saturated heterocycles. The van der Waals surface area contributed by atoms with Gasteiger partial charge in [-0.25, -0.2) is 8.42 Å². The third-order valence-electron chi connectivity index (χ3n) is 3.12. The molecule has 1 aliphatic carbocycles. The topological polar surface area (TPSA) is 81.2 Å². The second-order valence-electron chi connectivity index (χ2n) is 5.16. The van der Waals surface area contributed by atoms with Gasteiger partial charge in [0.15, 0.2) is 5.82 Å². The number of hydrogen-bond donors (Lipinski definition) is 1. The SMILES string of the molecule is CC(C)N(CC1CC1)S(=O)(=O)c1cn(C)nc1N. The van der Waals surface area contributed by atoms with E-state index in [-0.39, 0.29) is 16.8 Å². The normalized spacial score (nSPS) is 16.7. The van der Waals surface area contributed by atoms with E-state index < -0.39 is 10.0 Å². The fourth-order valence-corrected chi connectivity index (χ4v) is 3.76. The van der Waals surface area contributed by atoms with Gasteiger partial charge in [-0.1, -0.05) is 0 Å². The van der Waals surface area contributed by atoms with Crippen molar-refractivity contribution < 1.29 is 8.42 Å². The van der Waals surface area contributed by atoms with Crippen LogP contribution in [-0.2, 0) is 17.1 Å². The Kier molecular flexibility index (Phi) is 3.37. The molecule has 0 atom stereocenters. The predicted molar refractivity (Wildman–Crippen MR) is 69.4 cm³/mol. The van der Waals surface area contributed by atoms with Gasteiger partial charge in [-0.2, -0.15) is 9.40 Å². The Morgan fingerprint density at radius 3 is 2.56 bits per heavy atom. The van der Waals surface area contributed by atoms with Crippen LogP contribution in [0.3, 0.4) is 0 Å². The summed E-state index contributed by atoms with van der Waals surface area (Å²) in [5.74, 6) is 0.569. The van der Waals surface area contributed by atoms with Crippen molar-refractivity contribution in [3.63, 3.8) is 0 Å². The van der Waals surface area contributed by atoms with Crippen molar-refractivity contribution in [2.75, 3.05) is 12.3 Å². The third-order valence-corrected chi connectivity index (χ3v) is 5.18. The Morgan fingerprint density at radius 2 is 2.17 bits per heavy atom. The van der Waals surface area contributed by atoms with Crippen molar-refractivity contribution in [3.05, 3.63) is 6.20 Å². The van der Waals surface area contributed by atoms with Gasteiger partial charge in [0.1, 0.15) is 4.90 Å². The van der Waals surface area contributed by atoms with Crippen LogP contribution >= 0.6 is 0 Å². The number of rotatable bonds is 5. The van der Waals surface area contributed by atoms with Crippen LogP contribution in [0, 0.1) is 5.92 Å². The van der Waals surface area contributed by atoms with Gasteiger partial charge in [0.25, 0.3) is 0 Å². The maximum atomic E-state index is 12.6. The van der Waals surface area contributed by atoms with E-state index in [0.29, 0.717) is 12.5 Å². The quantitative estimate of drug-likeness (QED) is 0.860. The molecule has 6 nitrogen and oxygen atoms in total. The highest BCUT2D eigenvalue weighted by molar-refractivity contribution is 7.89. The number of sulfonamides is 1. The molecule has 1 aromatic rings. The van der Waals surface area contributed by atoms with Gasteiger partial charge >= 0.3 is 0 Å². The fraction of sp³-hybridized carbons (Fsp3) is 0.727. The number of anilines is 1. The van der Waals surface area contributed by atoms with Gasteiger partial charge < -0.3 is 5.73 Å². The molecular weight excluding hydrogens is 252 g/mol. The summed E-state index contributed by atoms with van der Waals surface area (Å²) in [7, 11) is -1.88. The van der Waals surface area contributed by atoms with Crippen molar-refractivity contribution in [3.8, 4) is 0 Å². The summed E-state index contributed by atoms with van der Waals surface area (Å²) in [6.07, 6.45) is 3.69. The molecule has 0 bridgehead atoms. The van der Waals surface area contributed by atoms with Gasteiger partial charge in [-0.05, 0) is 32.6 Å². The number of nitrogen functional groups attached to an aromatic ring is 1. The van der Waals surface area contributed by atoms with Crippen LogP contribution in [0.5, 0.6) is 0 Å². The molecule has 1 saturated carbocycles. The predicted octanol–water partition coefficient (Wildman–Crippen LogP) is 0.811. The van der Waals surface area contributed by atoms with Crippen LogP contribution < -0.4 is 5.73 Å². The molecule has 0 amide bonds. The molecular formula is C11H20N4O2S. The van der Waals surface area contributed by atoms with Crippen molar-refractivity contribution in [2.24, 2.45) is 13.0 Å². The van der Waals surface area contributed by atoms with E-state index in [1.807, 2.05) is 13.8 Å². The summed E-state index contributed by atoms with van der Waals surface area (Å²) < 4.78 is 28.1. The Balaban J connectivity index is 2.34. The van der Waals surface area contributed by atoms with Crippen LogP contribution in [0.2, 0.25) is 0 Å². The van der Waals surface area contributed by atoms with Crippen molar-refractivity contribution in [2.45, 2.75) is 37.6 Å². The fourth-order valence-electron chi connectivity index (χ4n) is 1.95. The molecule has 0 unspecified atom stereocenters. The van der Waals surface area contributed by atoms with E-state index in [2.05, 4.69) is 5.10 Å². The average molecular weight is 272 g/mol. The number of aromatic nitrogens is 2. The highest BCUT2D eigenvalue weighted by atomic mass is 32.2. The monoisotopic (exact) mass is 272 g/mol. The second kappa shape index (κ2) is 4.55. The molecule has 1 aromatic heterocycles. The number of nitrogens with two attached hydrogens (primary N) is 1. The molecule has 2 N–H and O–H groups in total. The van der Waals surface area contributed by atoms with Crippen molar-refractivity contribution in [1.29, 1.82) is 0 Å². The lowest BCUT2D eigenvalue weighted by molar-refractivity contribution is 0.342. The van der Waals surface area contributed by atoms with Crippen LogP contribution in [-0.4, -0.2) is 35.1 Å². The van der Waals surface area contributed by atoms with Gasteiger partial charge in [0, 0.05) is 25.8 Å². The Labute approximate surface area is 108 Å². The summed E-state index contributed by atoms with van der Waals surface area (Å²) in [6.45, 7) is 4.34. The van der Waals surface area contributed by atoms with Gasteiger partial charge in [0.05, 0.1) is 0 Å². The first-order valence-corrected chi connectivity index (χ1v) is 7.57. The van der Waals surface area contributed by atoms with Crippen LogP contribution in [0.1, 0.15) is 26.7 Å². The molecule has 1 aliphatic rings. The molecule has 102 valence electrons. The number of aryl methyl sites for hydroxylation is 1. The first-order valence-electron chi connectivity index (χ1n) is 6.13. The number of nitrogens with zero attached hydrogens (tertiary/aromatic N) is 3. The molecule has 0 radical (unpaired) electrons. The highest BCUT2D eigenvalue weighted by Crippen LogP contribution is 2.33.